The number of hydrogen-bond acceptors (Lipinski definition) is 5. The molecule has 0 spiro atoms. The molecule has 0 aliphatic rings. The summed E-state index contributed by atoms with van der Waals surface area (Å²) in [5.41, 5.74) is 5.18. The molecule has 0 saturated heterocycles. The molecule has 0 saturated carbocycles. The van der Waals surface area contributed by atoms with Crippen molar-refractivity contribution in [1.29, 1.82) is 0 Å². The number of aromatic nitrogens is 1. The van der Waals surface area contributed by atoms with Crippen molar-refractivity contribution in [2.45, 2.75) is 17.7 Å². The van der Waals surface area contributed by atoms with Crippen LogP contribution < -0.4 is 10.5 Å². The molecule has 0 aliphatic heterocycles. The fourth-order valence-electron chi connectivity index (χ4n) is 1.57. The largest absolute Gasteiger partial charge is 0.396 e. The molecule has 1 aromatic carbocycles. The Hall–Kier alpha value is -1.51. The third kappa shape index (κ3) is 3.33. The number of nitrogen functional groups attached to an aromatic ring is 1. The van der Waals surface area contributed by atoms with Crippen LogP contribution in [0.3, 0.4) is 0 Å². The van der Waals surface area contributed by atoms with E-state index >= 15 is 0 Å². The molecule has 3 N–H and O–H groups in total. The molecule has 0 bridgehead atoms. The minimum atomic E-state index is -3.71. The van der Waals surface area contributed by atoms with Crippen LogP contribution in [0.25, 0.3) is 0 Å². The number of nitrogens with zero attached hydrogens (tertiary/aromatic N) is 1. The van der Waals surface area contributed by atoms with E-state index in [1.807, 2.05) is 12.3 Å². The number of halogens is 1. The zero-order valence-electron chi connectivity index (χ0n) is 10.7. The van der Waals surface area contributed by atoms with Gasteiger partial charge in [-0.2, -0.15) is 0 Å². The third-order valence-electron chi connectivity index (χ3n) is 2.73. The van der Waals surface area contributed by atoms with Gasteiger partial charge >= 0.3 is 0 Å². The minimum absolute atomic E-state index is 0.0393. The van der Waals surface area contributed by atoms with Gasteiger partial charge in [-0.1, -0.05) is 6.92 Å². The zero-order chi connectivity index (χ0) is 14.8. The molecule has 108 valence electrons. The molecular weight excluding hydrogens is 301 g/mol. The van der Waals surface area contributed by atoms with Gasteiger partial charge in [-0.3, -0.25) is 0 Å². The van der Waals surface area contributed by atoms with E-state index in [0.717, 1.165) is 17.1 Å². The van der Waals surface area contributed by atoms with Crippen LogP contribution in [0.2, 0.25) is 0 Å². The first-order chi connectivity index (χ1) is 9.40. The molecule has 20 heavy (non-hydrogen) atoms. The Balaban J connectivity index is 2.09. The Morgan fingerprint density at radius 1 is 1.50 bits per heavy atom. The molecular formula is C12H14FN3O2S2. The fourth-order valence-corrected chi connectivity index (χ4v) is 3.44. The number of hydrogen-bond donors (Lipinski definition) is 2. The van der Waals surface area contributed by atoms with Gasteiger partial charge in [-0.15, -0.1) is 11.3 Å². The second-order valence-electron chi connectivity index (χ2n) is 4.31. The average Bonchev–Trinajstić information content (AvgIpc) is 2.93. The van der Waals surface area contributed by atoms with Gasteiger partial charge in [0.05, 0.1) is 15.6 Å². The monoisotopic (exact) mass is 315 g/mol. The molecule has 8 heteroatoms. The fraction of sp³-hybridized carbons (Fsp3) is 0.250. The van der Waals surface area contributed by atoms with Crippen molar-refractivity contribution >= 4 is 27.0 Å². The molecule has 1 unspecified atom stereocenters. The van der Waals surface area contributed by atoms with Crippen LogP contribution in [0.4, 0.5) is 10.1 Å². The number of benzene rings is 1. The lowest BCUT2D eigenvalue weighted by molar-refractivity contribution is 0.574. The van der Waals surface area contributed by atoms with E-state index in [4.69, 9.17) is 5.73 Å². The molecule has 0 aliphatic carbocycles. The minimum Gasteiger partial charge on any atom is -0.396 e. The first kappa shape index (κ1) is 14.9. The van der Waals surface area contributed by atoms with E-state index in [0.29, 0.717) is 0 Å². The summed E-state index contributed by atoms with van der Waals surface area (Å²) in [5, 5.41) is 2.69. The van der Waals surface area contributed by atoms with Crippen LogP contribution in [-0.4, -0.2) is 19.9 Å². The molecule has 5 nitrogen and oxygen atoms in total. The van der Waals surface area contributed by atoms with Crippen molar-refractivity contribution in [3.8, 4) is 0 Å². The lowest BCUT2D eigenvalue weighted by Gasteiger charge is -2.11. The van der Waals surface area contributed by atoms with Crippen LogP contribution >= 0.6 is 11.3 Å². The summed E-state index contributed by atoms with van der Waals surface area (Å²) in [6, 6.07) is 3.32. The highest BCUT2D eigenvalue weighted by Gasteiger charge is 2.17. The Morgan fingerprint density at radius 2 is 2.25 bits per heavy atom. The first-order valence-corrected chi connectivity index (χ1v) is 8.20. The van der Waals surface area contributed by atoms with E-state index in [1.54, 1.807) is 6.20 Å². The van der Waals surface area contributed by atoms with Crippen LogP contribution in [0, 0.1) is 5.82 Å². The van der Waals surface area contributed by atoms with E-state index in [1.165, 1.54) is 17.4 Å². The van der Waals surface area contributed by atoms with Gasteiger partial charge in [-0.25, -0.2) is 22.5 Å². The van der Waals surface area contributed by atoms with Crippen molar-refractivity contribution < 1.29 is 12.8 Å². The van der Waals surface area contributed by atoms with Gasteiger partial charge in [0.25, 0.3) is 0 Å². The van der Waals surface area contributed by atoms with Crippen molar-refractivity contribution in [2.75, 3.05) is 12.3 Å². The highest BCUT2D eigenvalue weighted by Crippen LogP contribution is 2.19. The summed E-state index contributed by atoms with van der Waals surface area (Å²) >= 11 is 1.47. The topological polar surface area (TPSA) is 85.1 Å². The maximum atomic E-state index is 13.0. The van der Waals surface area contributed by atoms with E-state index in [2.05, 4.69) is 9.71 Å². The quantitative estimate of drug-likeness (QED) is 0.826. The summed E-state index contributed by atoms with van der Waals surface area (Å²) in [5.74, 6) is -0.678. The number of thiazole rings is 1. The summed E-state index contributed by atoms with van der Waals surface area (Å²) in [7, 11) is -3.71. The van der Waals surface area contributed by atoms with Crippen LogP contribution in [0.15, 0.2) is 34.7 Å². The van der Waals surface area contributed by atoms with E-state index in [9.17, 15) is 12.8 Å². The summed E-state index contributed by atoms with van der Waals surface area (Å²) in [6.07, 6.45) is 1.67. The molecule has 0 fully saturated rings. The van der Waals surface area contributed by atoms with Crippen molar-refractivity contribution in [3.05, 3.63) is 40.6 Å². The Morgan fingerprint density at radius 3 is 2.85 bits per heavy atom. The van der Waals surface area contributed by atoms with Crippen molar-refractivity contribution in [3.63, 3.8) is 0 Å². The number of nitrogens with two attached hydrogens (primary N) is 1. The number of nitrogens with one attached hydrogen (secondary N) is 1. The highest BCUT2D eigenvalue weighted by atomic mass is 32.2. The predicted octanol–water partition coefficient (Wildman–Crippen LogP) is 1.95. The van der Waals surface area contributed by atoms with Crippen molar-refractivity contribution in [1.82, 2.24) is 9.71 Å². The molecule has 0 amide bonds. The van der Waals surface area contributed by atoms with Gasteiger partial charge in [0.1, 0.15) is 5.82 Å². The van der Waals surface area contributed by atoms with Crippen LogP contribution in [0.1, 0.15) is 17.8 Å². The number of rotatable bonds is 5. The normalized spacial score (nSPS) is 13.3. The molecule has 0 radical (unpaired) electrons. The highest BCUT2D eigenvalue weighted by molar-refractivity contribution is 7.89. The molecule has 2 rings (SSSR count). The lowest BCUT2D eigenvalue weighted by Crippen LogP contribution is -2.27. The van der Waals surface area contributed by atoms with Gasteiger partial charge in [0.15, 0.2) is 0 Å². The molecule has 1 heterocycles. The van der Waals surface area contributed by atoms with Gasteiger partial charge in [0, 0.05) is 24.0 Å². The first-order valence-electron chi connectivity index (χ1n) is 5.84. The van der Waals surface area contributed by atoms with E-state index in [-0.39, 0.29) is 23.0 Å². The molecule has 1 aromatic heterocycles. The standard InChI is InChI=1S/C12H14FN3O2S2/c1-8(12-15-4-5-19-12)7-16-20(17,18)9-2-3-10(13)11(14)6-9/h2-6,8,16H,7,14H2,1H3. The predicted molar refractivity (Wildman–Crippen MR) is 76.5 cm³/mol. The maximum Gasteiger partial charge on any atom is 0.240 e. The second kappa shape index (κ2) is 5.86. The lowest BCUT2D eigenvalue weighted by atomic mass is 10.2. The second-order valence-corrected chi connectivity index (χ2v) is 7.00. The maximum absolute atomic E-state index is 13.0. The zero-order valence-corrected chi connectivity index (χ0v) is 12.3. The molecule has 1 atom stereocenters. The van der Waals surface area contributed by atoms with Crippen LogP contribution in [-0.2, 0) is 10.0 Å². The summed E-state index contributed by atoms with van der Waals surface area (Å²) < 4.78 is 39.6. The average molecular weight is 315 g/mol. The number of anilines is 1. The van der Waals surface area contributed by atoms with Crippen LogP contribution in [0.5, 0.6) is 0 Å². The Kier molecular flexibility index (Phi) is 4.36. The van der Waals surface area contributed by atoms with Crippen molar-refractivity contribution in [2.24, 2.45) is 0 Å². The van der Waals surface area contributed by atoms with E-state index < -0.39 is 15.8 Å². The van der Waals surface area contributed by atoms with Gasteiger partial charge < -0.3 is 5.73 Å². The summed E-state index contributed by atoms with van der Waals surface area (Å²) in [6.45, 7) is 2.09. The number of sulfonamides is 1. The Bertz CT molecular complexity index is 687. The Labute approximate surface area is 120 Å². The third-order valence-corrected chi connectivity index (χ3v) is 5.16. The summed E-state index contributed by atoms with van der Waals surface area (Å²) in [4.78, 5) is 4.08. The van der Waals surface area contributed by atoms with Gasteiger partial charge in [-0.05, 0) is 18.2 Å². The smallest absolute Gasteiger partial charge is 0.240 e. The SMILES string of the molecule is CC(CNS(=O)(=O)c1ccc(F)c(N)c1)c1nccs1. The van der Waals surface area contributed by atoms with Gasteiger partial charge in [0.2, 0.25) is 10.0 Å². The molecule has 2 aromatic rings.